The van der Waals surface area contributed by atoms with E-state index >= 15 is 0 Å². The Labute approximate surface area is 217 Å². The highest BCUT2D eigenvalue weighted by Gasteiger charge is 2.35. The van der Waals surface area contributed by atoms with Crippen LogP contribution in [0.2, 0.25) is 5.02 Å². The third-order valence-corrected chi connectivity index (χ3v) is 8.18. The number of hydrogen-bond donors (Lipinski definition) is 0. The van der Waals surface area contributed by atoms with Gasteiger partial charge in [0.2, 0.25) is 0 Å². The van der Waals surface area contributed by atoms with Gasteiger partial charge in [-0.25, -0.2) is 8.42 Å². The van der Waals surface area contributed by atoms with Crippen molar-refractivity contribution in [1.82, 2.24) is 0 Å². The number of anilines is 1. The maximum absolute atomic E-state index is 13.8. The van der Waals surface area contributed by atoms with E-state index in [2.05, 4.69) is 0 Å². The van der Waals surface area contributed by atoms with Gasteiger partial charge in [0, 0.05) is 11.4 Å². The zero-order chi connectivity index (χ0) is 25.9. The van der Waals surface area contributed by atoms with Crippen LogP contribution in [0, 0.1) is 6.92 Å². The van der Waals surface area contributed by atoms with E-state index < -0.39 is 16.1 Å². The fourth-order valence-electron chi connectivity index (χ4n) is 4.19. The first-order valence-electron chi connectivity index (χ1n) is 11.6. The van der Waals surface area contributed by atoms with Gasteiger partial charge in [-0.1, -0.05) is 54.1 Å². The van der Waals surface area contributed by atoms with Crippen LogP contribution in [0.3, 0.4) is 0 Å². The normalized spacial score (nSPS) is 15.7. The summed E-state index contributed by atoms with van der Waals surface area (Å²) in [4.78, 5) is 11.9. The third-order valence-electron chi connectivity index (χ3n) is 6.07. The number of carbonyl (C=O) groups excluding carboxylic acids is 1. The number of benzene rings is 3. The van der Waals surface area contributed by atoms with E-state index in [4.69, 9.17) is 21.1 Å². The van der Waals surface area contributed by atoms with Crippen LogP contribution in [0.4, 0.5) is 5.69 Å². The molecular formula is C28H28ClNO5S. The molecule has 0 radical (unpaired) electrons. The van der Waals surface area contributed by atoms with Crippen LogP contribution < -0.4 is 9.04 Å². The lowest BCUT2D eigenvalue weighted by Gasteiger charge is -2.35. The minimum atomic E-state index is -3.88. The SMILES string of the molecule is COC(=O)CC[C@H]1CN(S(=O)(=O)c2cccc(C)c2)c2cc(/C=C(\C)c3ccccc3Cl)ccc2O1. The van der Waals surface area contributed by atoms with Gasteiger partial charge in [0.15, 0.2) is 0 Å². The minimum Gasteiger partial charge on any atom is -0.486 e. The number of esters is 1. The number of halogens is 1. The largest absolute Gasteiger partial charge is 0.486 e. The highest BCUT2D eigenvalue weighted by molar-refractivity contribution is 7.92. The van der Waals surface area contributed by atoms with Crippen LogP contribution in [0.25, 0.3) is 11.6 Å². The summed E-state index contributed by atoms with van der Waals surface area (Å²) in [5.41, 5.74) is 3.96. The summed E-state index contributed by atoms with van der Waals surface area (Å²) in [5.74, 6) is 0.0768. The molecule has 0 unspecified atom stereocenters. The van der Waals surface area contributed by atoms with Crippen LogP contribution in [0.1, 0.15) is 36.5 Å². The number of hydrogen-bond acceptors (Lipinski definition) is 5. The van der Waals surface area contributed by atoms with Crippen molar-refractivity contribution in [2.24, 2.45) is 0 Å². The highest BCUT2D eigenvalue weighted by atomic mass is 35.5. The summed E-state index contributed by atoms with van der Waals surface area (Å²) in [7, 11) is -2.56. The molecule has 0 N–H and O–H groups in total. The van der Waals surface area contributed by atoms with E-state index in [9.17, 15) is 13.2 Å². The average Bonchev–Trinajstić information content (AvgIpc) is 2.87. The Morgan fingerprint density at radius 3 is 2.64 bits per heavy atom. The number of methoxy groups -OCH3 is 1. The second-order valence-corrected chi connectivity index (χ2v) is 11.0. The van der Waals surface area contributed by atoms with Crippen molar-refractivity contribution >= 4 is 44.9 Å². The number of carbonyl (C=O) groups is 1. The maximum atomic E-state index is 13.8. The molecule has 188 valence electrons. The van der Waals surface area contributed by atoms with Crippen molar-refractivity contribution in [3.63, 3.8) is 0 Å². The quantitative estimate of drug-likeness (QED) is 0.274. The molecule has 8 heteroatoms. The molecule has 0 fully saturated rings. The Bertz CT molecular complexity index is 1420. The number of nitrogens with zero attached hydrogens (tertiary/aromatic N) is 1. The molecule has 1 aliphatic rings. The molecule has 0 saturated heterocycles. The molecular weight excluding hydrogens is 498 g/mol. The second-order valence-electron chi connectivity index (χ2n) is 8.74. The summed E-state index contributed by atoms with van der Waals surface area (Å²) in [6.45, 7) is 3.89. The Hall–Kier alpha value is -3.29. The summed E-state index contributed by atoms with van der Waals surface area (Å²) in [6, 6.07) is 19.8. The van der Waals surface area contributed by atoms with Crippen LogP contribution in [0.5, 0.6) is 5.75 Å². The lowest BCUT2D eigenvalue weighted by Crippen LogP contribution is -2.43. The molecule has 0 spiro atoms. The van der Waals surface area contributed by atoms with E-state index in [1.165, 1.54) is 11.4 Å². The van der Waals surface area contributed by atoms with Gasteiger partial charge in [-0.3, -0.25) is 9.10 Å². The number of sulfonamides is 1. The number of rotatable bonds is 7. The predicted molar refractivity (Wildman–Crippen MR) is 143 cm³/mol. The molecule has 1 aliphatic heterocycles. The van der Waals surface area contributed by atoms with Crippen molar-refractivity contribution < 1.29 is 22.7 Å². The Morgan fingerprint density at radius 2 is 1.92 bits per heavy atom. The van der Waals surface area contributed by atoms with E-state index in [0.29, 0.717) is 22.9 Å². The molecule has 1 atom stereocenters. The molecule has 3 aromatic carbocycles. The molecule has 6 nitrogen and oxygen atoms in total. The van der Waals surface area contributed by atoms with Gasteiger partial charge < -0.3 is 9.47 Å². The molecule has 0 bridgehead atoms. The summed E-state index contributed by atoms with van der Waals surface area (Å²) in [5, 5.41) is 0.643. The van der Waals surface area contributed by atoms with Gasteiger partial charge in [-0.2, -0.15) is 0 Å². The zero-order valence-corrected chi connectivity index (χ0v) is 22.0. The van der Waals surface area contributed by atoms with Crippen molar-refractivity contribution in [3.05, 3.63) is 88.4 Å². The van der Waals surface area contributed by atoms with Gasteiger partial charge in [-0.05, 0) is 72.9 Å². The number of aryl methyl sites for hydroxylation is 1. The first-order valence-corrected chi connectivity index (χ1v) is 13.4. The Balaban J connectivity index is 1.75. The smallest absolute Gasteiger partial charge is 0.305 e. The molecule has 1 heterocycles. The first kappa shape index (κ1) is 25.8. The predicted octanol–water partition coefficient (Wildman–Crippen LogP) is 6.12. The van der Waals surface area contributed by atoms with Crippen molar-refractivity contribution in [3.8, 4) is 5.75 Å². The highest BCUT2D eigenvalue weighted by Crippen LogP contribution is 2.39. The van der Waals surface area contributed by atoms with Crippen molar-refractivity contribution in [2.75, 3.05) is 18.0 Å². The Morgan fingerprint density at radius 1 is 1.14 bits per heavy atom. The zero-order valence-electron chi connectivity index (χ0n) is 20.4. The minimum absolute atomic E-state index is 0.0803. The van der Waals surface area contributed by atoms with E-state index in [0.717, 1.165) is 22.3 Å². The molecule has 0 aromatic heterocycles. The number of allylic oxidation sites excluding steroid dienone is 1. The van der Waals surface area contributed by atoms with Crippen molar-refractivity contribution in [2.45, 2.75) is 37.7 Å². The van der Waals surface area contributed by atoms with Gasteiger partial charge in [0.05, 0.1) is 24.2 Å². The summed E-state index contributed by atoms with van der Waals surface area (Å²) in [6.07, 6.45) is 1.93. The summed E-state index contributed by atoms with van der Waals surface area (Å²) < 4.78 is 39.8. The monoisotopic (exact) mass is 525 g/mol. The lowest BCUT2D eigenvalue weighted by molar-refractivity contribution is -0.141. The fourth-order valence-corrected chi connectivity index (χ4v) is 6.08. The topological polar surface area (TPSA) is 72.9 Å². The van der Waals surface area contributed by atoms with Crippen LogP contribution in [0.15, 0.2) is 71.6 Å². The molecule has 36 heavy (non-hydrogen) atoms. The second kappa shape index (κ2) is 10.8. The summed E-state index contributed by atoms with van der Waals surface area (Å²) >= 11 is 6.36. The van der Waals surface area contributed by atoms with Crippen LogP contribution in [-0.4, -0.2) is 34.1 Å². The van der Waals surface area contributed by atoms with Gasteiger partial charge >= 0.3 is 5.97 Å². The van der Waals surface area contributed by atoms with E-state index in [1.54, 1.807) is 30.3 Å². The van der Waals surface area contributed by atoms with Gasteiger partial charge in [0.1, 0.15) is 11.9 Å². The molecule has 3 aromatic rings. The molecule has 0 aliphatic carbocycles. The lowest BCUT2D eigenvalue weighted by atomic mass is 10.0. The van der Waals surface area contributed by atoms with Crippen LogP contribution >= 0.6 is 11.6 Å². The first-order chi connectivity index (χ1) is 17.2. The third kappa shape index (κ3) is 5.58. The van der Waals surface area contributed by atoms with E-state index in [-0.39, 0.29) is 23.8 Å². The van der Waals surface area contributed by atoms with Gasteiger partial charge in [0.25, 0.3) is 10.0 Å². The molecule has 0 saturated carbocycles. The number of fused-ring (bicyclic) bond motifs is 1. The van der Waals surface area contributed by atoms with Gasteiger partial charge in [-0.15, -0.1) is 0 Å². The van der Waals surface area contributed by atoms with Crippen molar-refractivity contribution in [1.29, 1.82) is 0 Å². The van der Waals surface area contributed by atoms with Crippen LogP contribution in [-0.2, 0) is 19.6 Å². The number of ether oxygens (including phenoxy) is 2. The fraction of sp³-hybridized carbons (Fsp3) is 0.250. The molecule has 4 rings (SSSR count). The van der Waals surface area contributed by atoms with E-state index in [1.807, 2.05) is 56.3 Å². The molecule has 0 amide bonds. The standard InChI is InChI=1S/C28H28ClNO5S/c1-19-7-6-8-23(15-19)36(32,33)30-18-22(12-14-28(31)34-3)35-27-13-11-21(17-26(27)30)16-20(2)24-9-4-5-10-25(24)29/h4-11,13,15-17,22H,12,14,18H2,1-3H3/b20-16+/t22-/m0/s1. The average molecular weight is 526 g/mol. The maximum Gasteiger partial charge on any atom is 0.305 e. The Kier molecular flexibility index (Phi) is 7.71.